The van der Waals surface area contributed by atoms with E-state index in [0.29, 0.717) is 0 Å². The van der Waals surface area contributed by atoms with Crippen LogP contribution in [-0.2, 0) is 0 Å². The number of rotatable bonds is 1. The highest BCUT2D eigenvalue weighted by Crippen LogP contribution is 2.32. The fraction of sp³-hybridized carbons (Fsp3) is 0.714. The van der Waals surface area contributed by atoms with Gasteiger partial charge >= 0.3 is 0 Å². The van der Waals surface area contributed by atoms with Gasteiger partial charge in [0, 0.05) is 11.0 Å². The van der Waals surface area contributed by atoms with E-state index in [1.807, 2.05) is 23.5 Å². The highest BCUT2D eigenvalue weighted by Gasteiger charge is 2.08. The molecule has 52 valence electrons. The highest BCUT2D eigenvalue weighted by atomic mass is 32.2. The fourth-order valence-corrected chi connectivity index (χ4v) is 2.84. The van der Waals surface area contributed by atoms with Gasteiger partial charge in [-0.3, -0.25) is 0 Å². The first-order chi connectivity index (χ1) is 4.33. The van der Waals surface area contributed by atoms with Crippen LogP contribution in [0.4, 0.5) is 0 Å². The Bertz CT molecular complexity index is 118. The first-order valence-electron chi connectivity index (χ1n) is 3.30. The van der Waals surface area contributed by atoms with Gasteiger partial charge in [0.2, 0.25) is 0 Å². The van der Waals surface area contributed by atoms with Crippen molar-refractivity contribution >= 4 is 23.5 Å². The Morgan fingerprint density at radius 3 is 3.00 bits per heavy atom. The molecule has 0 fully saturated rings. The molecule has 0 saturated carbocycles. The monoisotopic (exact) mass is 160 g/mol. The van der Waals surface area contributed by atoms with E-state index in [9.17, 15) is 0 Å². The van der Waals surface area contributed by atoms with E-state index in [1.54, 1.807) is 4.91 Å². The molecule has 0 radical (unpaired) electrons. The molecule has 0 bridgehead atoms. The maximum atomic E-state index is 2.30. The molecule has 1 aliphatic heterocycles. The van der Waals surface area contributed by atoms with E-state index in [4.69, 9.17) is 0 Å². The third kappa shape index (κ3) is 2.26. The van der Waals surface area contributed by atoms with Crippen LogP contribution in [0, 0.1) is 0 Å². The Morgan fingerprint density at radius 1 is 1.78 bits per heavy atom. The molecule has 9 heavy (non-hydrogen) atoms. The van der Waals surface area contributed by atoms with Crippen molar-refractivity contribution in [3.8, 4) is 0 Å². The molecule has 2 heteroatoms. The predicted octanol–water partition coefficient (Wildman–Crippen LogP) is 3.11. The summed E-state index contributed by atoms with van der Waals surface area (Å²) in [5.41, 5.74) is 0. The normalized spacial score (nSPS) is 27.8. The van der Waals surface area contributed by atoms with Crippen molar-refractivity contribution in [2.75, 3.05) is 5.75 Å². The van der Waals surface area contributed by atoms with Crippen molar-refractivity contribution in [1.82, 2.24) is 0 Å². The summed E-state index contributed by atoms with van der Waals surface area (Å²) in [7, 11) is 0. The van der Waals surface area contributed by atoms with Crippen LogP contribution in [0.15, 0.2) is 10.3 Å². The second-order valence-electron chi connectivity index (χ2n) is 2.20. The summed E-state index contributed by atoms with van der Waals surface area (Å²) in [5.74, 6) is 1.30. The van der Waals surface area contributed by atoms with Crippen molar-refractivity contribution in [3.63, 3.8) is 0 Å². The van der Waals surface area contributed by atoms with Crippen molar-refractivity contribution in [3.05, 3.63) is 10.3 Å². The molecule has 1 heterocycles. The van der Waals surface area contributed by atoms with Gasteiger partial charge in [0.15, 0.2) is 0 Å². The van der Waals surface area contributed by atoms with Crippen molar-refractivity contribution in [1.29, 1.82) is 0 Å². The molecule has 1 rings (SSSR count). The SMILES string of the molecule is CCC1=CSC(C)CS1. The number of hydrogen-bond acceptors (Lipinski definition) is 2. The zero-order valence-electron chi connectivity index (χ0n) is 5.89. The van der Waals surface area contributed by atoms with Gasteiger partial charge in [0.1, 0.15) is 0 Å². The molecule has 0 aromatic heterocycles. The standard InChI is InChI=1S/C7H12S2/c1-3-7-5-8-6(2)4-9-7/h5-6H,3-4H2,1-2H3. The molecular formula is C7H12S2. The molecule has 0 saturated heterocycles. The van der Waals surface area contributed by atoms with E-state index in [0.717, 1.165) is 5.25 Å². The van der Waals surface area contributed by atoms with Crippen LogP contribution >= 0.6 is 23.5 Å². The summed E-state index contributed by atoms with van der Waals surface area (Å²) >= 11 is 3.98. The lowest BCUT2D eigenvalue weighted by Gasteiger charge is -2.15. The maximum Gasteiger partial charge on any atom is 0.0154 e. The topological polar surface area (TPSA) is 0 Å². The molecule has 0 N–H and O–H groups in total. The van der Waals surface area contributed by atoms with Gasteiger partial charge in [0.05, 0.1) is 0 Å². The van der Waals surface area contributed by atoms with Crippen molar-refractivity contribution in [2.45, 2.75) is 25.5 Å². The summed E-state index contributed by atoms with van der Waals surface area (Å²) < 4.78 is 0. The van der Waals surface area contributed by atoms with Gasteiger partial charge in [-0.1, -0.05) is 13.8 Å². The van der Waals surface area contributed by atoms with Crippen LogP contribution < -0.4 is 0 Å². The van der Waals surface area contributed by atoms with E-state index >= 15 is 0 Å². The van der Waals surface area contributed by atoms with Gasteiger partial charge in [-0.15, -0.1) is 23.5 Å². The van der Waals surface area contributed by atoms with Crippen molar-refractivity contribution in [2.24, 2.45) is 0 Å². The van der Waals surface area contributed by atoms with Crippen LogP contribution in [0.25, 0.3) is 0 Å². The summed E-state index contributed by atoms with van der Waals surface area (Å²) in [6, 6.07) is 0. The minimum absolute atomic E-state index is 0.824. The minimum Gasteiger partial charge on any atom is -0.129 e. The number of allylic oxidation sites excluding steroid dienone is 1. The Hall–Kier alpha value is 0.440. The molecule has 1 aliphatic rings. The second kappa shape index (κ2) is 3.57. The van der Waals surface area contributed by atoms with Gasteiger partial charge in [-0.05, 0) is 16.7 Å². The molecule has 0 amide bonds. The van der Waals surface area contributed by atoms with Crippen molar-refractivity contribution < 1.29 is 0 Å². The molecule has 0 aliphatic carbocycles. The molecule has 0 aromatic carbocycles. The zero-order valence-corrected chi connectivity index (χ0v) is 7.52. The summed E-state index contributed by atoms with van der Waals surface area (Å²) in [6.07, 6.45) is 1.21. The maximum absolute atomic E-state index is 2.30. The highest BCUT2D eigenvalue weighted by molar-refractivity contribution is 8.09. The van der Waals surface area contributed by atoms with Crippen LogP contribution in [0.3, 0.4) is 0 Å². The van der Waals surface area contributed by atoms with E-state index in [2.05, 4.69) is 19.3 Å². The molecule has 0 spiro atoms. The molecule has 0 aromatic rings. The van der Waals surface area contributed by atoms with Gasteiger partial charge < -0.3 is 0 Å². The average molecular weight is 160 g/mol. The summed E-state index contributed by atoms with van der Waals surface area (Å²) in [6.45, 7) is 4.50. The Balaban J connectivity index is 2.40. The van der Waals surface area contributed by atoms with Crippen LogP contribution in [0.5, 0.6) is 0 Å². The Morgan fingerprint density at radius 2 is 2.56 bits per heavy atom. The third-order valence-corrected chi connectivity index (χ3v) is 4.14. The second-order valence-corrected chi connectivity index (χ2v) is 4.65. The first-order valence-corrected chi connectivity index (χ1v) is 5.23. The first kappa shape index (κ1) is 7.55. The number of hydrogen-bond donors (Lipinski definition) is 0. The Labute approximate surface area is 65.5 Å². The lowest BCUT2D eigenvalue weighted by molar-refractivity contribution is 1.12. The smallest absolute Gasteiger partial charge is 0.0154 e. The molecular weight excluding hydrogens is 148 g/mol. The van der Waals surface area contributed by atoms with Gasteiger partial charge in [-0.25, -0.2) is 0 Å². The Kier molecular flexibility index (Phi) is 2.99. The summed E-state index contributed by atoms with van der Waals surface area (Å²) in [5, 5.41) is 3.13. The van der Waals surface area contributed by atoms with Gasteiger partial charge in [0.25, 0.3) is 0 Å². The fourth-order valence-electron chi connectivity index (χ4n) is 0.675. The predicted molar refractivity (Wildman–Crippen MR) is 47.9 cm³/mol. The lowest BCUT2D eigenvalue weighted by Crippen LogP contribution is -2.02. The minimum atomic E-state index is 0.824. The molecule has 0 nitrogen and oxygen atoms in total. The zero-order chi connectivity index (χ0) is 6.69. The van der Waals surface area contributed by atoms with E-state index in [-0.39, 0.29) is 0 Å². The largest absolute Gasteiger partial charge is 0.129 e. The number of thioether (sulfide) groups is 2. The third-order valence-electron chi connectivity index (χ3n) is 1.28. The summed E-state index contributed by atoms with van der Waals surface area (Å²) in [4.78, 5) is 1.55. The van der Waals surface area contributed by atoms with Crippen LogP contribution in [0.1, 0.15) is 20.3 Å². The van der Waals surface area contributed by atoms with E-state index in [1.165, 1.54) is 12.2 Å². The van der Waals surface area contributed by atoms with Crippen LogP contribution in [-0.4, -0.2) is 11.0 Å². The van der Waals surface area contributed by atoms with Gasteiger partial charge in [-0.2, -0.15) is 0 Å². The molecule has 1 atom stereocenters. The van der Waals surface area contributed by atoms with Crippen LogP contribution in [0.2, 0.25) is 0 Å². The lowest BCUT2D eigenvalue weighted by atomic mass is 10.5. The van der Waals surface area contributed by atoms with E-state index < -0.39 is 0 Å². The average Bonchev–Trinajstić information content (AvgIpc) is 1.90. The molecule has 1 unspecified atom stereocenters. The quantitative estimate of drug-likeness (QED) is 0.578.